The van der Waals surface area contributed by atoms with Crippen LogP contribution in [0.4, 0.5) is 0 Å². The first-order valence-corrected chi connectivity index (χ1v) is 7.59. The van der Waals surface area contributed by atoms with E-state index >= 15 is 0 Å². The van der Waals surface area contributed by atoms with Gasteiger partial charge in [0.05, 0.1) is 0 Å². The van der Waals surface area contributed by atoms with Crippen LogP contribution in [-0.4, -0.2) is 35.7 Å². The molecule has 0 fully saturated rings. The molecule has 1 aliphatic carbocycles. The van der Waals surface area contributed by atoms with Crippen LogP contribution in [0.1, 0.15) is 17.0 Å². The normalized spacial score (nSPS) is 15.2. The molecule has 0 unspecified atom stereocenters. The fourth-order valence-electron chi connectivity index (χ4n) is 3.00. The van der Waals surface area contributed by atoms with Crippen molar-refractivity contribution in [2.45, 2.75) is 18.0 Å². The molecule has 2 aromatic carbocycles. The summed E-state index contributed by atoms with van der Waals surface area (Å²) in [5.74, 6) is -2.25. The van der Waals surface area contributed by atoms with Gasteiger partial charge in [0.2, 0.25) is 0 Å². The quantitative estimate of drug-likeness (QED) is 0.708. The van der Waals surface area contributed by atoms with E-state index in [1.165, 1.54) is 0 Å². The Morgan fingerprint density at radius 2 is 1.46 bits per heavy atom. The number of carbonyl (C=O) groups excluding carboxylic acids is 1. The third kappa shape index (κ3) is 2.77. The fraction of sp³-hybridized carbons (Fsp3) is 0.222. The lowest BCUT2D eigenvalue weighted by molar-refractivity contribution is -0.150. The molecular weight excluding hydrogens is 308 g/mol. The van der Waals surface area contributed by atoms with Gasteiger partial charge < -0.3 is 21.3 Å². The van der Waals surface area contributed by atoms with Crippen LogP contribution < -0.4 is 11.5 Å². The Kier molecular flexibility index (Phi) is 4.33. The van der Waals surface area contributed by atoms with Gasteiger partial charge in [0, 0.05) is 5.92 Å². The number of rotatable bonds is 5. The Bertz CT molecular complexity index is 745. The van der Waals surface area contributed by atoms with Crippen molar-refractivity contribution >= 4 is 11.9 Å². The van der Waals surface area contributed by atoms with E-state index in [9.17, 15) is 9.59 Å². The van der Waals surface area contributed by atoms with Crippen molar-refractivity contribution in [3.8, 4) is 11.1 Å². The van der Waals surface area contributed by atoms with E-state index in [-0.39, 0.29) is 12.5 Å². The van der Waals surface area contributed by atoms with E-state index < -0.39 is 24.0 Å². The van der Waals surface area contributed by atoms with Crippen molar-refractivity contribution in [3.63, 3.8) is 0 Å². The summed E-state index contributed by atoms with van der Waals surface area (Å²) in [6.07, 6.45) is 0. The molecule has 0 radical (unpaired) electrons. The summed E-state index contributed by atoms with van der Waals surface area (Å²) in [6.45, 7) is 0.0902. The first-order valence-electron chi connectivity index (χ1n) is 7.59. The third-order valence-corrected chi connectivity index (χ3v) is 4.30. The largest absolute Gasteiger partial charge is 0.480 e. The van der Waals surface area contributed by atoms with E-state index in [1.54, 1.807) is 0 Å². The first-order chi connectivity index (χ1) is 11.5. The molecule has 0 spiro atoms. The molecule has 5 N–H and O–H groups in total. The molecule has 24 heavy (non-hydrogen) atoms. The minimum Gasteiger partial charge on any atom is -0.480 e. The standard InChI is InChI=1S/C18H18N2O4/c19-15(17(21)22)16(20)18(23)24-9-14-12-7-3-1-5-10(12)11-6-2-4-8-13(11)14/h1-8,14-16H,9,19-20H2,(H,21,22)/t15-,16-/m1/s1. The smallest absolute Gasteiger partial charge is 0.325 e. The van der Waals surface area contributed by atoms with E-state index in [0.29, 0.717) is 0 Å². The maximum Gasteiger partial charge on any atom is 0.325 e. The van der Waals surface area contributed by atoms with Crippen LogP contribution >= 0.6 is 0 Å². The zero-order chi connectivity index (χ0) is 17.3. The van der Waals surface area contributed by atoms with Gasteiger partial charge in [-0.15, -0.1) is 0 Å². The highest BCUT2D eigenvalue weighted by Crippen LogP contribution is 2.44. The number of hydrogen-bond acceptors (Lipinski definition) is 5. The molecule has 2 aromatic rings. The topological polar surface area (TPSA) is 116 Å². The van der Waals surface area contributed by atoms with Crippen molar-refractivity contribution in [3.05, 3.63) is 59.7 Å². The summed E-state index contributed by atoms with van der Waals surface area (Å²) in [6, 6.07) is 13.0. The zero-order valence-corrected chi connectivity index (χ0v) is 12.9. The number of esters is 1. The highest BCUT2D eigenvalue weighted by Gasteiger charge is 2.32. The second-order valence-electron chi connectivity index (χ2n) is 5.75. The van der Waals surface area contributed by atoms with Gasteiger partial charge >= 0.3 is 11.9 Å². The molecule has 3 rings (SSSR count). The number of benzene rings is 2. The lowest BCUT2D eigenvalue weighted by Crippen LogP contribution is -2.52. The van der Waals surface area contributed by atoms with Gasteiger partial charge in [-0.2, -0.15) is 0 Å². The molecule has 0 amide bonds. The SMILES string of the molecule is N[C@@H](C(=O)O)[C@@H](N)C(=O)OCC1c2ccccc2-c2ccccc21. The number of nitrogens with two attached hydrogens (primary N) is 2. The molecule has 0 heterocycles. The number of fused-ring (bicyclic) bond motifs is 3. The van der Waals surface area contributed by atoms with Gasteiger partial charge in [0.15, 0.2) is 0 Å². The van der Waals surface area contributed by atoms with E-state index in [2.05, 4.69) is 0 Å². The lowest BCUT2D eigenvalue weighted by Gasteiger charge is -2.18. The molecular formula is C18H18N2O4. The number of hydrogen-bond donors (Lipinski definition) is 3. The molecule has 1 aliphatic rings. The van der Waals surface area contributed by atoms with Gasteiger partial charge in [-0.25, -0.2) is 0 Å². The summed E-state index contributed by atoms with van der Waals surface area (Å²) < 4.78 is 5.27. The Balaban J connectivity index is 1.79. The number of carboxylic acids is 1. The summed E-state index contributed by atoms with van der Waals surface area (Å²) in [5.41, 5.74) is 15.3. The van der Waals surface area contributed by atoms with Crippen molar-refractivity contribution in [1.29, 1.82) is 0 Å². The van der Waals surface area contributed by atoms with Crippen molar-refractivity contribution in [2.24, 2.45) is 11.5 Å². The predicted molar refractivity (Wildman–Crippen MR) is 88.3 cm³/mol. The molecule has 2 atom stereocenters. The maximum absolute atomic E-state index is 12.0. The molecule has 0 aliphatic heterocycles. The Morgan fingerprint density at radius 1 is 0.958 bits per heavy atom. The Hall–Kier alpha value is -2.70. The molecule has 0 bridgehead atoms. The van der Waals surface area contributed by atoms with Crippen LogP contribution in [0.3, 0.4) is 0 Å². The highest BCUT2D eigenvalue weighted by molar-refractivity contribution is 5.86. The van der Waals surface area contributed by atoms with Gasteiger partial charge in [0.1, 0.15) is 18.7 Å². The summed E-state index contributed by atoms with van der Waals surface area (Å²) >= 11 is 0. The van der Waals surface area contributed by atoms with Crippen LogP contribution in [0.25, 0.3) is 11.1 Å². The minimum atomic E-state index is -1.49. The molecule has 0 saturated carbocycles. The summed E-state index contributed by atoms with van der Waals surface area (Å²) in [5, 5.41) is 8.83. The van der Waals surface area contributed by atoms with Crippen LogP contribution in [0, 0.1) is 0 Å². The van der Waals surface area contributed by atoms with Gasteiger partial charge in [0.25, 0.3) is 0 Å². The predicted octanol–water partition coefficient (Wildman–Crippen LogP) is 1.08. The molecule has 0 saturated heterocycles. The van der Waals surface area contributed by atoms with Gasteiger partial charge in [-0.1, -0.05) is 48.5 Å². The van der Waals surface area contributed by atoms with Gasteiger partial charge in [-0.3, -0.25) is 9.59 Å². The van der Waals surface area contributed by atoms with Crippen LogP contribution in [0.15, 0.2) is 48.5 Å². The number of aliphatic carboxylic acids is 1. The second kappa shape index (κ2) is 6.43. The van der Waals surface area contributed by atoms with Crippen LogP contribution in [0.5, 0.6) is 0 Å². The van der Waals surface area contributed by atoms with E-state index in [0.717, 1.165) is 22.3 Å². The van der Waals surface area contributed by atoms with Gasteiger partial charge in [-0.05, 0) is 22.3 Å². The zero-order valence-electron chi connectivity index (χ0n) is 12.9. The van der Waals surface area contributed by atoms with Crippen molar-refractivity contribution < 1.29 is 19.4 Å². The molecule has 124 valence electrons. The number of ether oxygens (including phenoxy) is 1. The average molecular weight is 326 g/mol. The first kappa shape index (κ1) is 16.2. The summed E-state index contributed by atoms with van der Waals surface area (Å²) in [4.78, 5) is 22.8. The monoisotopic (exact) mass is 326 g/mol. The maximum atomic E-state index is 12.0. The Morgan fingerprint density at radius 3 is 1.96 bits per heavy atom. The molecule has 6 heteroatoms. The van der Waals surface area contributed by atoms with E-state index in [4.69, 9.17) is 21.3 Å². The molecule has 6 nitrogen and oxygen atoms in total. The summed E-state index contributed by atoms with van der Waals surface area (Å²) in [7, 11) is 0. The molecule has 0 aromatic heterocycles. The van der Waals surface area contributed by atoms with E-state index in [1.807, 2.05) is 48.5 Å². The third-order valence-electron chi connectivity index (χ3n) is 4.30. The number of carbonyl (C=O) groups is 2. The van der Waals surface area contributed by atoms with Crippen molar-refractivity contribution in [1.82, 2.24) is 0 Å². The fourth-order valence-corrected chi connectivity index (χ4v) is 3.00. The van der Waals surface area contributed by atoms with Crippen LogP contribution in [-0.2, 0) is 14.3 Å². The Labute approximate surface area is 139 Å². The number of carboxylic acid groups (broad SMARTS) is 1. The minimum absolute atomic E-state index is 0.0902. The lowest BCUT2D eigenvalue weighted by atomic mass is 9.98. The van der Waals surface area contributed by atoms with Crippen LogP contribution in [0.2, 0.25) is 0 Å². The van der Waals surface area contributed by atoms with Crippen molar-refractivity contribution in [2.75, 3.05) is 6.61 Å². The average Bonchev–Trinajstić information content (AvgIpc) is 2.92. The second-order valence-corrected chi connectivity index (χ2v) is 5.75. The highest BCUT2D eigenvalue weighted by atomic mass is 16.5.